The van der Waals surface area contributed by atoms with Crippen molar-refractivity contribution in [2.24, 2.45) is 4.99 Å². The number of hydrogen-bond donors (Lipinski definition) is 1. The summed E-state index contributed by atoms with van der Waals surface area (Å²) >= 11 is 0. The van der Waals surface area contributed by atoms with Gasteiger partial charge in [-0.25, -0.2) is 4.79 Å². The zero-order chi connectivity index (χ0) is 18.8. The van der Waals surface area contributed by atoms with Gasteiger partial charge in [-0.05, 0) is 46.4 Å². The predicted octanol–water partition coefficient (Wildman–Crippen LogP) is 0.364. The summed E-state index contributed by atoms with van der Waals surface area (Å²) in [6, 6.07) is 0. The maximum absolute atomic E-state index is 11.8. The van der Waals surface area contributed by atoms with Gasteiger partial charge in [-0.15, -0.1) is 0 Å². The van der Waals surface area contributed by atoms with Crippen LogP contribution in [0.1, 0.15) is 19.8 Å². The molecule has 8 heteroatoms. The van der Waals surface area contributed by atoms with Crippen LogP contribution in [0.5, 0.6) is 0 Å². The third-order valence-corrected chi connectivity index (χ3v) is 5.06. The molecule has 2 fully saturated rings. The molecule has 0 aliphatic carbocycles. The van der Waals surface area contributed by atoms with Crippen molar-refractivity contribution in [1.29, 1.82) is 0 Å². The number of nitrogens with one attached hydrogen (secondary N) is 1. The van der Waals surface area contributed by atoms with Gasteiger partial charge in [0.2, 0.25) is 0 Å². The number of carbonyl (C=O) groups excluding carboxylic acids is 1. The van der Waals surface area contributed by atoms with Crippen LogP contribution in [0.15, 0.2) is 4.99 Å². The number of ether oxygens (including phenoxy) is 1. The number of carbonyl (C=O) groups is 1. The summed E-state index contributed by atoms with van der Waals surface area (Å²) in [5.41, 5.74) is 0. The molecule has 0 radical (unpaired) electrons. The van der Waals surface area contributed by atoms with Crippen molar-refractivity contribution >= 4 is 12.1 Å². The zero-order valence-electron chi connectivity index (χ0n) is 16.7. The summed E-state index contributed by atoms with van der Waals surface area (Å²) < 4.78 is 5.07. The van der Waals surface area contributed by atoms with Crippen molar-refractivity contribution in [2.75, 3.05) is 86.1 Å². The second-order valence-corrected chi connectivity index (χ2v) is 7.00. The van der Waals surface area contributed by atoms with E-state index in [1.807, 2.05) is 14.0 Å². The average Bonchev–Trinajstić information content (AvgIpc) is 2.86. The van der Waals surface area contributed by atoms with Gasteiger partial charge in [0.1, 0.15) is 0 Å². The van der Waals surface area contributed by atoms with Crippen LogP contribution in [0.4, 0.5) is 4.79 Å². The van der Waals surface area contributed by atoms with E-state index in [0.717, 1.165) is 38.6 Å². The summed E-state index contributed by atoms with van der Waals surface area (Å²) in [6.07, 6.45) is 2.17. The van der Waals surface area contributed by atoms with E-state index in [-0.39, 0.29) is 6.09 Å². The molecule has 1 N–H and O–H groups in total. The molecule has 0 spiro atoms. The fraction of sp³-hybridized carbons (Fsp3) is 0.889. The van der Waals surface area contributed by atoms with Crippen molar-refractivity contribution in [1.82, 2.24) is 24.9 Å². The monoisotopic (exact) mass is 368 g/mol. The van der Waals surface area contributed by atoms with Crippen molar-refractivity contribution in [3.63, 3.8) is 0 Å². The maximum atomic E-state index is 11.8. The molecule has 0 saturated carbocycles. The number of piperazine rings is 1. The summed E-state index contributed by atoms with van der Waals surface area (Å²) in [6.45, 7) is 12.0. The molecule has 1 amide bonds. The maximum Gasteiger partial charge on any atom is 0.409 e. The quantitative estimate of drug-likeness (QED) is 0.430. The Morgan fingerprint density at radius 3 is 2.46 bits per heavy atom. The number of nitrogens with zero attached hydrogens (tertiary/aromatic N) is 5. The standard InChI is InChI=1S/C18H36N6O2/c1-4-26-18(25)24-15-13-23(14-16-24)17(19-2)20-7-5-9-22-10-6-8-21(3)11-12-22/h4-16H2,1-3H3,(H,19,20). The highest BCUT2D eigenvalue weighted by molar-refractivity contribution is 5.80. The predicted molar refractivity (Wildman–Crippen MR) is 105 cm³/mol. The first-order valence-corrected chi connectivity index (χ1v) is 9.92. The smallest absolute Gasteiger partial charge is 0.409 e. The molecule has 0 aromatic rings. The van der Waals surface area contributed by atoms with E-state index in [4.69, 9.17) is 4.74 Å². The van der Waals surface area contributed by atoms with E-state index in [1.165, 1.54) is 32.6 Å². The summed E-state index contributed by atoms with van der Waals surface area (Å²) in [5, 5.41) is 3.48. The Hall–Kier alpha value is -1.54. The SMILES string of the molecule is CCOC(=O)N1CCN(C(=NC)NCCCN2CCCN(C)CC2)CC1. The van der Waals surface area contributed by atoms with E-state index in [2.05, 4.69) is 32.1 Å². The van der Waals surface area contributed by atoms with Crippen molar-refractivity contribution in [3.05, 3.63) is 0 Å². The van der Waals surface area contributed by atoms with Crippen LogP contribution in [-0.4, -0.2) is 118 Å². The van der Waals surface area contributed by atoms with Crippen LogP contribution in [0.3, 0.4) is 0 Å². The first kappa shape index (κ1) is 20.8. The van der Waals surface area contributed by atoms with Crippen molar-refractivity contribution < 1.29 is 9.53 Å². The van der Waals surface area contributed by atoms with Crippen LogP contribution < -0.4 is 5.32 Å². The van der Waals surface area contributed by atoms with Crippen LogP contribution >= 0.6 is 0 Å². The van der Waals surface area contributed by atoms with E-state index < -0.39 is 0 Å². The second-order valence-electron chi connectivity index (χ2n) is 7.00. The molecule has 26 heavy (non-hydrogen) atoms. The molecule has 0 atom stereocenters. The van der Waals surface area contributed by atoms with E-state index >= 15 is 0 Å². The summed E-state index contributed by atoms with van der Waals surface area (Å²) in [7, 11) is 4.03. The molecule has 2 aliphatic rings. The summed E-state index contributed by atoms with van der Waals surface area (Å²) in [5.74, 6) is 0.934. The molecule has 0 unspecified atom stereocenters. The van der Waals surface area contributed by atoms with E-state index in [0.29, 0.717) is 19.7 Å². The largest absolute Gasteiger partial charge is 0.450 e. The minimum atomic E-state index is -0.210. The Morgan fingerprint density at radius 2 is 1.77 bits per heavy atom. The van der Waals surface area contributed by atoms with Crippen LogP contribution in [0, 0.1) is 0 Å². The number of hydrogen-bond acceptors (Lipinski definition) is 5. The molecule has 2 heterocycles. The van der Waals surface area contributed by atoms with Gasteiger partial charge in [-0.3, -0.25) is 4.99 Å². The lowest BCUT2D eigenvalue weighted by Crippen LogP contribution is -2.54. The molecule has 8 nitrogen and oxygen atoms in total. The van der Waals surface area contributed by atoms with Gasteiger partial charge in [0.15, 0.2) is 5.96 Å². The van der Waals surface area contributed by atoms with Crippen LogP contribution in [0.25, 0.3) is 0 Å². The zero-order valence-corrected chi connectivity index (χ0v) is 16.7. The fourth-order valence-electron chi connectivity index (χ4n) is 3.47. The van der Waals surface area contributed by atoms with Gasteiger partial charge in [0.05, 0.1) is 6.61 Å². The minimum absolute atomic E-state index is 0.210. The lowest BCUT2D eigenvalue weighted by atomic mass is 10.3. The molecule has 0 aromatic heterocycles. The molecular weight excluding hydrogens is 332 g/mol. The number of likely N-dealkylation sites (N-methyl/N-ethyl adjacent to an activating group) is 1. The van der Waals surface area contributed by atoms with E-state index in [1.54, 1.807) is 4.90 Å². The Labute approximate surface area is 158 Å². The highest BCUT2D eigenvalue weighted by Gasteiger charge is 2.23. The molecular formula is C18H36N6O2. The third kappa shape index (κ3) is 6.64. The molecule has 2 saturated heterocycles. The van der Waals surface area contributed by atoms with Crippen LogP contribution in [0.2, 0.25) is 0 Å². The normalized spacial score (nSPS) is 20.8. The fourth-order valence-corrected chi connectivity index (χ4v) is 3.47. The van der Waals surface area contributed by atoms with Gasteiger partial charge in [-0.2, -0.15) is 0 Å². The Kier molecular flexibility index (Phi) is 8.97. The molecule has 150 valence electrons. The van der Waals surface area contributed by atoms with Gasteiger partial charge in [-0.1, -0.05) is 0 Å². The lowest BCUT2D eigenvalue weighted by Gasteiger charge is -2.35. The van der Waals surface area contributed by atoms with Gasteiger partial charge in [0, 0.05) is 52.9 Å². The molecule has 0 aromatic carbocycles. The molecule has 2 rings (SSSR count). The first-order valence-electron chi connectivity index (χ1n) is 9.92. The Morgan fingerprint density at radius 1 is 1.04 bits per heavy atom. The average molecular weight is 369 g/mol. The summed E-state index contributed by atoms with van der Waals surface area (Å²) in [4.78, 5) is 25.1. The molecule has 0 bridgehead atoms. The highest BCUT2D eigenvalue weighted by Crippen LogP contribution is 2.05. The number of rotatable bonds is 5. The number of aliphatic imine (C=N–C) groups is 1. The van der Waals surface area contributed by atoms with Gasteiger partial charge >= 0.3 is 6.09 Å². The first-order chi connectivity index (χ1) is 12.6. The number of guanidine groups is 1. The van der Waals surface area contributed by atoms with Crippen molar-refractivity contribution in [2.45, 2.75) is 19.8 Å². The van der Waals surface area contributed by atoms with E-state index in [9.17, 15) is 4.79 Å². The van der Waals surface area contributed by atoms with Gasteiger partial charge < -0.3 is 29.7 Å². The second kappa shape index (κ2) is 11.2. The molecule has 2 aliphatic heterocycles. The Balaban J connectivity index is 1.64. The lowest BCUT2D eigenvalue weighted by molar-refractivity contribution is 0.0914. The Bertz CT molecular complexity index is 451. The third-order valence-electron chi connectivity index (χ3n) is 5.06. The van der Waals surface area contributed by atoms with Gasteiger partial charge in [0.25, 0.3) is 0 Å². The minimum Gasteiger partial charge on any atom is -0.450 e. The highest BCUT2D eigenvalue weighted by atomic mass is 16.6. The topological polar surface area (TPSA) is 63.7 Å². The van der Waals surface area contributed by atoms with Crippen molar-refractivity contribution in [3.8, 4) is 0 Å². The number of amides is 1. The van der Waals surface area contributed by atoms with Crippen LogP contribution in [-0.2, 0) is 4.74 Å².